The van der Waals surface area contributed by atoms with Gasteiger partial charge < -0.3 is 16.0 Å². The van der Waals surface area contributed by atoms with E-state index in [0.717, 1.165) is 5.56 Å². The van der Waals surface area contributed by atoms with Gasteiger partial charge in [0.05, 0.1) is 16.1 Å². The van der Waals surface area contributed by atoms with E-state index >= 15 is 0 Å². The largest absolute Gasteiger partial charge is 0.351 e. The van der Waals surface area contributed by atoms with Gasteiger partial charge in [0.25, 0.3) is 11.8 Å². The molecular weight excluding hydrogens is 398 g/mol. The Morgan fingerprint density at radius 3 is 2.50 bits per heavy atom. The van der Waals surface area contributed by atoms with Crippen LogP contribution in [0.3, 0.4) is 0 Å². The lowest BCUT2D eigenvalue weighted by atomic mass is 10.1. The highest BCUT2D eigenvalue weighted by Crippen LogP contribution is 2.18. The van der Waals surface area contributed by atoms with Crippen LogP contribution in [0.1, 0.15) is 38.4 Å². The van der Waals surface area contributed by atoms with Gasteiger partial charge in [-0.2, -0.15) is 0 Å². The van der Waals surface area contributed by atoms with E-state index in [-0.39, 0.29) is 24.1 Å². The summed E-state index contributed by atoms with van der Waals surface area (Å²) < 4.78 is 0. The second-order valence-corrected chi connectivity index (χ2v) is 7.70. The van der Waals surface area contributed by atoms with Gasteiger partial charge in [-0.05, 0) is 54.6 Å². The number of thiophene rings is 1. The van der Waals surface area contributed by atoms with Crippen LogP contribution in [-0.2, 0) is 4.79 Å². The molecule has 0 saturated carbocycles. The first-order valence-electron chi connectivity index (χ1n) is 9.61. The number of aryl methyl sites for hydroxylation is 1. The van der Waals surface area contributed by atoms with Crippen molar-refractivity contribution in [2.45, 2.75) is 19.8 Å². The molecule has 0 aliphatic rings. The fraction of sp³-hybridized carbons (Fsp3) is 0.174. The normalized spacial score (nSPS) is 10.3. The van der Waals surface area contributed by atoms with Gasteiger partial charge in [0.15, 0.2) is 0 Å². The minimum absolute atomic E-state index is 0.136. The van der Waals surface area contributed by atoms with Crippen molar-refractivity contribution in [2.75, 3.05) is 17.2 Å². The van der Waals surface area contributed by atoms with Gasteiger partial charge in [0.1, 0.15) is 0 Å². The fourth-order valence-electron chi connectivity index (χ4n) is 2.87. The minimum atomic E-state index is -0.292. The predicted octanol–water partition coefficient (Wildman–Crippen LogP) is 4.46. The molecule has 0 radical (unpaired) electrons. The molecule has 0 atom stereocenters. The molecule has 0 bridgehead atoms. The van der Waals surface area contributed by atoms with Crippen LogP contribution in [0.15, 0.2) is 66.0 Å². The molecule has 30 heavy (non-hydrogen) atoms. The van der Waals surface area contributed by atoms with Crippen molar-refractivity contribution in [1.29, 1.82) is 0 Å². The smallest absolute Gasteiger partial charge is 0.261 e. The Morgan fingerprint density at radius 1 is 0.900 bits per heavy atom. The van der Waals surface area contributed by atoms with E-state index in [1.165, 1.54) is 11.3 Å². The lowest BCUT2D eigenvalue weighted by Gasteiger charge is -2.12. The zero-order chi connectivity index (χ0) is 21.3. The van der Waals surface area contributed by atoms with Gasteiger partial charge in [-0.15, -0.1) is 11.3 Å². The topological polar surface area (TPSA) is 87.3 Å². The zero-order valence-corrected chi connectivity index (χ0v) is 17.4. The molecule has 3 amide bonds. The predicted molar refractivity (Wildman–Crippen MR) is 120 cm³/mol. The Bertz CT molecular complexity index is 1030. The van der Waals surface area contributed by atoms with E-state index in [0.29, 0.717) is 34.8 Å². The number of hydrogen-bond donors (Lipinski definition) is 3. The van der Waals surface area contributed by atoms with Crippen molar-refractivity contribution in [3.05, 3.63) is 82.0 Å². The molecule has 0 fully saturated rings. The van der Waals surface area contributed by atoms with Gasteiger partial charge in [-0.25, -0.2) is 0 Å². The third-order valence-corrected chi connectivity index (χ3v) is 5.20. The number of hydrogen-bond acceptors (Lipinski definition) is 4. The third kappa shape index (κ3) is 6.02. The van der Waals surface area contributed by atoms with Crippen LogP contribution in [0.4, 0.5) is 11.4 Å². The molecule has 1 aromatic heterocycles. The van der Waals surface area contributed by atoms with Crippen LogP contribution in [0.5, 0.6) is 0 Å². The minimum Gasteiger partial charge on any atom is -0.351 e. The van der Waals surface area contributed by atoms with Crippen molar-refractivity contribution in [2.24, 2.45) is 0 Å². The first kappa shape index (κ1) is 21.3. The number of carbonyl (C=O) groups excluding carboxylic acids is 3. The van der Waals surface area contributed by atoms with Crippen molar-refractivity contribution in [1.82, 2.24) is 5.32 Å². The summed E-state index contributed by atoms with van der Waals surface area (Å²) in [5, 5.41) is 10.3. The van der Waals surface area contributed by atoms with E-state index in [2.05, 4.69) is 16.0 Å². The average molecular weight is 422 g/mol. The maximum atomic E-state index is 12.7. The summed E-state index contributed by atoms with van der Waals surface area (Å²) in [5.41, 5.74) is 2.58. The highest BCUT2D eigenvalue weighted by molar-refractivity contribution is 7.12. The number of carbonyl (C=O) groups is 3. The quantitative estimate of drug-likeness (QED) is 0.469. The molecule has 3 N–H and O–H groups in total. The van der Waals surface area contributed by atoms with Crippen LogP contribution < -0.4 is 16.0 Å². The number of nitrogens with one attached hydrogen (secondary N) is 3. The monoisotopic (exact) mass is 421 g/mol. The molecule has 0 aliphatic heterocycles. The summed E-state index contributed by atoms with van der Waals surface area (Å²) in [4.78, 5) is 37.5. The summed E-state index contributed by atoms with van der Waals surface area (Å²) in [5.74, 6) is -0.639. The summed E-state index contributed by atoms with van der Waals surface area (Å²) in [7, 11) is 0. The molecule has 0 spiro atoms. The zero-order valence-electron chi connectivity index (χ0n) is 16.6. The molecule has 0 saturated heterocycles. The van der Waals surface area contributed by atoms with Crippen LogP contribution in [0, 0.1) is 6.92 Å². The number of rotatable bonds is 8. The van der Waals surface area contributed by atoms with E-state index in [4.69, 9.17) is 0 Å². The van der Waals surface area contributed by atoms with Crippen molar-refractivity contribution < 1.29 is 14.4 Å². The first-order chi connectivity index (χ1) is 14.5. The van der Waals surface area contributed by atoms with Crippen molar-refractivity contribution in [3.8, 4) is 0 Å². The van der Waals surface area contributed by atoms with Crippen LogP contribution >= 0.6 is 11.3 Å². The van der Waals surface area contributed by atoms with E-state index in [9.17, 15) is 14.4 Å². The molecule has 2 aromatic carbocycles. The summed E-state index contributed by atoms with van der Waals surface area (Å²) >= 11 is 1.37. The maximum absolute atomic E-state index is 12.7. The van der Waals surface area contributed by atoms with Crippen LogP contribution in [0.25, 0.3) is 0 Å². The van der Waals surface area contributed by atoms with E-state index in [1.807, 2.05) is 42.6 Å². The van der Waals surface area contributed by atoms with Crippen LogP contribution in [-0.4, -0.2) is 24.3 Å². The molecule has 6 nitrogen and oxygen atoms in total. The first-order valence-corrected chi connectivity index (χ1v) is 10.5. The van der Waals surface area contributed by atoms with E-state index < -0.39 is 0 Å². The molecule has 1 heterocycles. The Hall–Kier alpha value is -3.45. The van der Waals surface area contributed by atoms with Crippen molar-refractivity contribution in [3.63, 3.8) is 0 Å². The summed E-state index contributed by atoms with van der Waals surface area (Å²) in [6.07, 6.45) is 0.735. The van der Waals surface area contributed by atoms with Crippen LogP contribution in [0.2, 0.25) is 0 Å². The molecule has 7 heteroatoms. The van der Waals surface area contributed by atoms with Gasteiger partial charge in [-0.3, -0.25) is 14.4 Å². The molecule has 0 unspecified atom stereocenters. The Kier molecular flexibility index (Phi) is 7.34. The van der Waals surface area contributed by atoms with Gasteiger partial charge in [0, 0.05) is 18.7 Å². The Balaban J connectivity index is 1.51. The average Bonchev–Trinajstić information content (AvgIpc) is 3.26. The molecule has 3 rings (SSSR count). The summed E-state index contributed by atoms with van der Waals surface area (Å²) in [6, 6.07) is 18.0. The SMILES string of the molecule is Cc1cccc(NC(=O)c2ccccc2NC(=O)CCCNC(=O)c2cccs2)c1. The lowest BCUT2D eigenvalue weighted by molar-refractivity contribution is -0.116. The fourth-order valence-corrected chi connectivity index (χ4v) is 3.51. The Morgan fingerprint density at radius 2 is 1.73 bits per heavy atom. The second-order valence-electron chi connectivity index (χ2n) is 6.75. The molecule has 154 valence electrons. The molecular formula is C23H23N3O3S. The second kappa shape index (κ2) is 10.4. The molecule has 3 aromatic rings. The highest BCUT2D eigenvalue weighted by atomic mass is 32.1. The third-order valence-electron chi connectivity index (χ3n) is 4.33. The number of para-hydroxylation sites is 1. The molecule has 0 aliphatic carbocycles. The number of benzene rings is 2. The van der Waals surface area contributed by atoms with E-state index in [1.54, 1.807) is 30.3 Å². The highest BCUT2D eigenvalue weighted by Gasteiger charge is 2.13. The van der Waals surface area contributed by atoms with Gasteiger partial charge >= 0.3 is 0 Å². The Labute approximate surface area is 179 Å². The lowest BCUT2D eigenvalue weighted by Crippen LogP contribution is -2.25. The van der Waals surface area contributed by atoms with Gasteiger partial charge in [0.2, 0.25) is 5.91 Å². The number of amides is 3. The number of anilines is 2. The standard InChI is InChI=1S/C23H23N3O3S/c1-16-7-4-8-17(15-16)25-22(28)18-9-2-3-10-19(18)26-21(27)12-5-13-24-23(29)20-11-6-14-30-20/h2-4,6-11,14-15H,5,12-13H2,1H3,(H,24,29)(H,25,28)(H,26,27). The van der Waals surface area contributed by atoms with Gasteiger partial charge in [-0.1, -0.05) is 30.3 Å². The summed E-state index contributed by atoms with van der Waals surface area (Å²) in [6.45, 7) is 2.35. The maximum Gasteiger partial charge on any atom is 0.261 e. The van der Waals surface area contributed by atoms with Crippen molar-refractivity contribution >= 4 is 40.4 Å².